The zero-order valence-corrected chi connectivity index (χ0v) is 13.4. The van der Waals surface area contributed by atoms with E-state index in [1.807, 2.05) is 6.92 Å². The molecule has 0 amide bonds. The second-order valence-electron chi connectivity index (χ2n) is 4.45. The van der Waals surface area contributed by atoms with Crippen LogP contribution in [-0.2, 0) is 10.0 Å². The van der Waals surface area contributed by atoms with Crippen molar-refractivity contribution in [3.63, 3.8) is 0 Å². The summed E-state index contributed by atoms with van der Waals surface area (Å²) in [6.07, 6.45) is 3.18. The third kappa shape index (κ3) is 3.54. The molecule has 0 bridgehead atoms. The molecule has 1 unspecified atom stereocenters. The first-order chi connectivity index (χ1) is 8.49. The Morgan fingerprint density at radius 2 is 2.39 bits per heavy atom. The quantitative estimate of drug-likeness (QED) is 0.854. The lowest BCUT2D eigenvalue weighted by atomic mass is 10.2. The number of sulfonamides is 1. The maximum atomic E-state index is 12.1. The molecule has 1 aliphatic heterocycles. The fourth-order valence-electron chi connectivity index (χ4n) is 2.15. The summed E-state index contributed by atoms with van der Waals surface area (Å²) in [6.45, 7) is 3.36. The van der Waals surface area contributed by atoms with Gasteiger partial charge in [0.05, 0.1) is 8.68 Å². The summed E-state index contributed by atoms with van der Waals surface area (Å²) in [5, 5.41) is 3.36. The lowest BCUT2D eigenvalue weighted by molar-refractivity contribution is 0.539. The van der Waals surface area contributed by atoms with Gasteiger partial charge in [0, 0.05) is 17.5 Å². The zero-order valence-electron chi connectivity index (χ0n) is 10.2. The number of thiophene rings is 1. The normalized spacial score (nSPS) is 20.4. The molecular weight excluding hydrogens is 336 g/mol. The van der Waals surface area contributed by atoms with E-state index in [0.29, 0.717) is 17.5 Å². The molecule has 1 aromatic heterocycles. The second-order valence-corrected chi connectivity index (χ2v) is 8.82. The predicted octanol–water partition coefficient (Wildman–Crippen LogP) is 2.24. The van der Waals surface area contributed by atoms with Crippen LogP contribution in [0.5, 0.6) is 0 Å². The monoisotopic (exact) mass is 352 g/mol. The van der Waals surface area contributed by atoms with E-state index in [1.54, 1.807) is 6.07 Å². The first kappa shape index (κ1) is 14.5. The van der Waals surface area contributed by atoms with Crippen LogP contribution in [0.4, 0.5) is 0 Å². The van der Waals surface area contributed by atoms with Crippen LogP contribution < -0.4 is 10.0 Å². The van der Waals surface area contributed by atoms with Crippen LogP contribution >= 0.6 is 27.3 Å². The van der Waals surface area contributed by atoms with Gasteiger partial charge >= 0.3 is 0 Å². The number of nitrogens with one attached hydrogen (secondary N) is 2. The average molecular weight is 353 g/mol. The van der Waals surface area contributed by atoms with Crippen LogP contribution in [0.1, 0.15) is 24.1 Å². The van der Waals surface area contributed by atoms with Crippen molar-refractivity contribution < 1.29 is 8.42 Å². The number of aryl methyl sites for hydroxylation is 1. The maximum Gasteiger partial charge on any atom is 0.241 e. The molecule has 1 atom stereocenters. The minimum absolute atomic E-state index is 0.388. The Bertz CT molecular complexity index is 507. The summed E-state index contributed by atoms with van der Waals surface area (Å²) in [5.41, 5.74) is 0. The minimum Gasteiger partial charge on any atom is -0.314 e. The smallest absolute Gasteiger partial charge is 0.241 e. The number of hydrogen-bond acceptors (Lipinski definition) is 4. The predicted molar refractivity (Wildman–Crippen MR) is 77.6 cm³/mol. The molecule has 7 heteroatoms. The molecule has 4 nitrogen and oxygen atoms in total. The molecule has 0 saturated carbocycles. The van der Waals surface area contributed by atoms with Crippen molar-refractivity contribution in [1.82, 2.24) is 10.0 Å². The Balaban J connectivity index is 1.93. The van der Waals surface area contributed by atoms with Crippen molar-refractivity contribution in [2.45, 2.75) is 37.1 Å². The third-order valence-electron chi connectivity index (χ3n) is 3.08. The summed E-state index contributed by atoms with van der Waals surface area (Å²) >= 11 is 4.75. The van der Waals surface area contributed by atoms with E-state index in [0.717, 1.165) is 28.0 Å². The van der Waals surface area contributed by atoms with Crippen molar-refractivity contribution in [3.8, 4) is 0 Å². The fraction of sp³-hybridized carbons (Fsp3) is 0.636. The van der Waals surface area contributed by atoms with Gasteiger partial charge in [0.1, 0.15) is 0 Å². The van der Waals surface area contributed by atoms with Crippen molar-refractivity contribution >= 4 is 37.3 Å². The number of rotatable bonds is 5. The van der Waals surface area contributed by atoms with Crippen molar-refractivity contribution in [2.75, 3.05) is 13.1 Å². The standard InChI is InChI=1S/C11H17BrN2O2S2/c1-8-10(7-11(12)17-8)18(15,16)14-6-4-9-3-2-5-13-9/h7,9,13-14H,2-6H2,1H3. The van der Waals surface area contributed by atoms with E-state index in [9.17, 15) is 8.42 Å². The van der Waals surface area contributed by atoms with Gasteiger partial charge in [0.25, 0.3) is 0 Å². The minimum atomic E-state index is -3.36. The molecule has 2 N–H and O–H groups in total. The summed E-state index contributed by atoms with van der Waals surface area (Å²) in [4.78, 5) is 1.20. The zero-order chi connectivity index (χ0) is 13.2. The van der Waals surface area contributed by atoms with Crippen LogP contribution in [0.25, 0.3) is 0 Å². The maximum absolute atomic E-state index is 12.1. The van der Waals surface area contributed by atoms with Crippen LogP contribution in [0.2, 0.25) is 0 Å². The van der Waals surface area contributed by atoms with E-state index in [1.165, 1.54) is 17.8 Å². The Kier molecular flexibility index (Phi) is 4.82. The van der Waals surface area contributed by atoms with Crippen molar-refractivity contribution in [3.05, 3.63) is 14.7 Å². The molecule has 102 valence electrons. The van der Waals surface area contributed by atoms with Gasteiger partial charge in [-0.15, -0.1) is 11.3 Å². The Morgan fingerprint density at radius 3 is 2.94 bits per heavy atom. The van der Waals surface area contributed by atoms with E-state index in [4.69, 9.17) is 0 Å². The van der Waals surface area contributed by atoms with E-state index in [-0.39, 0.29) is 0 Å². The molecule has 18 heavy (non-hydrogen) atoms. The van der Waals surface area contributed by atoms with Gasteiger partial charge in [0.15, 0.2) is 0 Å². The van der Waals surface area contributed by atoms with Gasteiger partial charge in [0.2, 0.25) is 10.0 Å². The largest absolute Gasteiger partial charge is 0.314 e. The molecule has 1 fully saturated rings. The van der Waals surface area contributed by atoms with Crippen LogP contribution in [-0.4, -0.2) is 27.5 Å². The van der Waals surface area contributed by atoms with Gasteiger partial charge < -0.3 is 5.32 Å². The van der Waals surface area contributed by atoms with Gasteiger partial charge in [-0.25, -0.2) is 13.1 Å². The highest BCUT2D eigenvalue weighted by molar-refractivity contribution is 9.11. The first-order valence-corrected chi connectivity index (χ1v) is 9.07. The van der Waals surface area contributed by atoms with Gasteiger partial charge in [-0.05, 0) is 54.7 Å². The Morgan fingerprint density at radius 1 is 1.61 bits per heavy atom. The lowest BCUT2D eigenvalue weighted by Crippen LogP contribution is -2.30. The van der Waals surface area contributed by atoms with Gasteiger partial charge in [-0.1, -0.05) is 0 Å². The highest BCUT2D eigenvalue weighted by Crippen LogP contribution is 2.29. The molecule has 0 aliphatic carbocycles. The molecule has 1 aromatic rings. The summed E-state index contributed by atoms with van der Waals surface area (Å²) in [7, 11) is -3.36. The van der Waals surface area contributed by atoms with E-state index >= 15 is 0 Å². The molecule has 0 radical (unpaired) electrons. The van der Waals surface area contributed by atoms with Gasteiger partial charge in [-0.3, -0.25) is 0 Å². The Hall–Kier alpha value is 0.0500. The summed E-state index contributed by atoms with van der Waals surface area (Å²) in [5.74, 6) is 0. The van der Waals surface area contributed by atoms with Gasteiger partial charge in [-0.2, -0.15) is 0 Å². The lowest BCUT2D eigenvalue weighted by Gasteiger charge is -2.11. The third-order valence-corrected chi connectivity index (χ3v) is 6.35. The fourth-order valence-corrected chi connectivity index (χ4v) is 5.61. The van der Waals surface area contributed by atoms with Crippen molar-refractivity contribution in [1.29, 1.82) is 0 Å². The molecule has 0 spiro atoms. The SMILES string of the molecule is Cc1sc(Br)cc1S(=O)(=O)NCCC1CCCN1. The van der Waals surface area contributed by atoms with Crippen molar-refractivity contribution in [2.24, 2.45) is 0 Å². The summed E-state index contributed by atoms with van der Waals surface area (Å²) in [6, 6.07) is 2.12. The topological polar surface area (TPSA) is 58.2 Å². The molecule has 0 aromatic carbocycles. The van der Waals surface area contributed by atoms with E-state index in [2.05, 4.69) is 26.0 Å². The molecule has 2 heterocycles. The molecule has 2 rings (SSSR count). The van der Waals surface area contributed by atoms with Crippen LogP contribution in [0.3, 0.4) is 0 Å². The van der Waals surface area contributed by atoms with E-state index < -0.39 is 10.0 Å². The molecular formula is C11H17BrN2O2S2. The highest BCUT2D eigenvalue weighted by Gasteiger charge is 2.20. The number of hydrogen-bond donors (Lipinski definition) is 2. The van der Waals surface area contributed by atoms with Crippen LogP contribution in [0, 0.1) is 6.92 Å². The summed E-state index contributed by atoms with van der Waals surface area (Å²) < 4.78 is 27.7. The second kappa shape index (κ2) is 6.00. The molecule has 1 saturated heterocycles. The number of halogens is 1. The molecule has 1 aliphatic rings. The first-order valence-electron chi connectivity index (χ1n) is 5.98. The average Bonchev–Trinajstić information content (AvgIpc) is 2.88. The van der Waals surface area contributed by atoms with Crippen LogP contribution in [0.15, 0.2) is 14.7 Å². The Labute approximate surface area is 120 Å². The highest BCUT2D eigenvalue weighted by atomic mass is 79.9.